The third-order valence-electron chi connectivity index (χ3n) is 10.0. The molecule has 0 amide bonds. The van der Waals surface area contributed by atoms with Gasteiger partial charge in [0.25, 0.3) is 0 Å². The number of hydrogen-bond donors (Lipinski definition) is 0. The van der Waals surface area contributed by atoms with Crippen LogP contribution < -0.4 is 4.90 Å². The van der Waals surface area contributed by atoms with E-state index in [0.717, 1.165) is 17.1 Å². The van der Waals surface area contributed by atoms with Gasteiger partial charge in [-0.25, -0.2) is 0 Å². The van der Waals surface area contributed by atoms with Crippen LogP contribution >= 0.6 is 11.3 Å². The Labute approximate surface area is 294 Å². The predicted molar refractivity (Wildman–Crippen MR) is 217 cm³/mol. The molecule has 0 unspecified atom stereocenters. The van der Waals surface area contributed by atoms with Crippen molar-refractivity contribution < 1.29 is 0 Å². The number of benzene rings is 9. The fraction of sp³-hybridized carbons (Fsp3) is 0. The van der Waals surface area contributed by atoms with Crippen molar-refractivity contribution in [1.29, 1.82) is 0 Å². The molecule has 10 rings (SSSR count). The zero-order valence-corrected chi connectivity index (χ0v) is 28.1. The Morgan fingerprint density at radius 3 is 1.36 bits per heavy atom. The van der Waals surface area contributed by atoms with Crippen LogP contribution in [0.15, 0.2) is 188 Å². The van der Waals surface area contributed by atoms with Crippen molar-refractivity contribution in [2.45, 2.75) is 0 Å². The number of nitrogens with zero attached hydrogens (tertiary/aromatic N) is 1. The zero-order chi connectivity index (χ0) is 33.0. The molecule has 0 aliphatic carbocycles. The van der Waals surface area contributed by atoms with Crippen LogP contribution in [0, 0.1) is 0 Å². The second-order valence-corrected chi connectivity index (χ2v) is 13.9. The SMILES string of the molecule is c1ccc(N(c2ccccc2)c2ccc(-c3c4ccccc4c(-c4cccc5c4sc4ccccc45)c4ccccc34)c3ccccc23)cc1. The van der Waals surface area contributed by atoms with Crippen LogP contribution in [0.1, 0.15) is 0 Å². The first kappa shape index (κ1) is 28.8. The molecule has 50 heavy (non-hydrogen) atoms. The Bertz CT molecular complexity index is 2770. The van der Waals surface area contributed by atoms with E-state index >= 15 is 0 Å². The summed E-state index contributed by atoms with van der Waals surface area (Å²) in [4.78, 5) is 2.37. The van der Waals surface area contributed by atoms with Crippen molar-refractivity contribution in [3.8, 4) is 22.3 Å². The van der Waals surface area contributed by atoms with Crippen LogP contribution in [0.2, 0.25) is 0 Å². The van der Waals surface area contributed by atoms with Crippen LogP contribution in [-0.4, -0.2) is 0 Å². The monoisotopic (exact) mass is 653 g/mol. The molecule has 1 aromatic heterocycles. The fourth-order valence-electron chi connectivity index (χ4n) is 7.93. The maximum Gasteiger partial charge on any atom is 0.0540 e. The molecule has 9 aromatic carbocycles. The lowest BCUT2D eigenvalue weighted by atomic mass is 9.84. The minimum absolute atomic E-state index is 1.13. The fourth-order valence-corrected chi connectivity index (χ4v) is 9.15. The standard InChI is InChI=1S/C48H31NS/c1-3-16-32(17-4-1)49(33-18-5-2-6-19-33)44-31-30-41(34-20-7-8-21-35(34)44)46-37-23-9-11-25-39(37)47(40-26-12-10-24-38(40)46)43-28-15-27-42-36-22-13-14-29-45(36)50-48(42)43/h1-31H. The molecule has 0 aliphatic heterocycles. The van der Waals surface area contributed by atoms with Gasteiger partial charge in [-0.3, -0.25) is 0 Å². The number of fused-ring (bicyclic) bond motifs is 6. The Balaban J connectivity index is 1.28. The molecule has 0 N–H and O–H groups in total. The molecule has 0 spiro atoms. The van der Waals surface area contributed by atoms with Gasteiger partial charge in [-0.05, 0) is 80.0 Å². The highest BCUT2D eigenvalue weighted by molar-refractivity contribution is 7.26. The van der Waals surface area contributed by atoms with Gasteiger partial charge in [0.15, 0.2) is 0 Å². The first-order valence-electron chi connectivity index (χ1n) is 17.1. The van der Waals surface area contributed by atoms with Crippen molar-refractivity contribution in [3.05, 3.63) is 188 Å². The molecule has 0 bridgehead atoms. The molecule has 0 atom stereocenters. The average Bonchev–Trinajstić information content (AvgIpc) is 3.57. The van der Waals surface area contributed by atoms with Crippen LogP contribution in [0.4, 0.5) is 17.1 Å². The summed E-state index contributed by atoms with van der Waals surface area (Å²) in [7, 11) is 0. The topological polar surface area (TPSA) is 3.24 Å². The summed E-state index contributed by atoms with van der Waals surface area (Å²) in [6, 6.07) is 68.5. The quantitative estimate of drug-likeness (QED) is 0.167. The van der Waals surface area contributed by atoms with Gasteiger partial charge in [0.2, 0.25) is 0 Å². The summed E-state index contributed by atoms with van der Waals surface area (Å²) >= 11 is 1.90. The van der Waals surface area contributed by atoms with Crippen LogP contribution in [0.5, 0.6) is 0 Å². The molecule has 2 heteroatoms. The highest BCUT2D eigenvalue weighted by Crippen LogP contribution is 2.50. The smallest absolute Gasteiger partial charge is 0.0540 e. The Kier molecular flexibility index (Phi) is 6.75. The van der Waals surface area contributed by atoms with Gasteiger partial charge in [-0.1, -0.05) is 152 Å². The summed E-state index contributed by atoms with van der Waals surface area (Å²) < 4.78 is 2.67. The Morgan fingerprint density at radius 2 is 0.760 bits per heavy atom. The first-order chi connectivity index (χ1) is 24.8. The molecule has 1 heterocycles. The summed E-state index contributed by atoms with van der Waals surface area (Å²) in [5.41, 5.74) is 8.53. The van der Waals surface area contributed by atoms with Gasteiger partial charge in [-0.15, -0.1) is 11.3 Å². The van der Waals surface area contributed by atoms with Crippen molar-refractivity contribution in [2.24, 2.45) is 0 Å². The van der Waals surface area contributed by atoms with Crippen LogP contribution in [0.3, 0.4) is 0 Å². The molecule has 234 valence electrons. The van der Waals surface area contributed by atoms with Gasteiger partial charge in [0.05, 0.1) is 5.69 Å². The van der Waals surface area contributed by atoms with Gasteiger partial charge in [0.1, 0.15) is 0 Å². The summed E-state index contributed by atoms with van der Waals surface area (Å²) in [5.74, 6) is 0. The van der Waals surface area contributed by atoms with E-state index < -0.39 is 0 Å². The highest BCUT2D eigenvalue weighted by atomic mass is 32.1. The number of para-hydroxylation sites is 2. The van der Waals surface area contributed by atoms with E-state index in [1.165, 1.54) is 74.7 Å². The average molecular weight is 654 g/mol. The maximum atomic E-state index is 2.37. The number of rotatable bonds is 5. The van der Waals surface area contributed by atoms with Crippen LogP contribution in [-0.2, 0) is 0 Å². The highest BCUT2D eigenvalue weighted by Gasteiger charge is 2.22. The molecular weight excluding hydrogens is 623 g/mol. The van der Waals surface area contributed by atoms with Crippen molar-refractivity contribution >= 4 is 80.9 Å². The Morgan fingerprint density at radius 1 is 0.300 bits per heavy atom. The lowest BCUT2D eigenvalue weighted by Crippen LogP contribution is -2.10. The molecule has 10 aromatic rings. The number of anilines is 3. The van der Waals surface area contributed by atoms with E-state index in [0.29, 0.717) is 0 Å². The summed E-state index contributed by atoms with van der Waals surface area (Å²) in [5, 5.41) is 10.2. The van der Waals surface area contributed by atoms with Gasteiger partial charge in [0, 0.05) is 42.5 Å². The van der Waals surface area contributed by atoms with E-state index in [1.54, 1.807) is 0 Å². The van der Waals surface area contributed by atoms with Crippen molar-refractivity contribution in [2.75, 3.05) is 4.90 Å². The molecular formula is C48H31NS. The summed E-state index contributed by atoms with van der Waals surface area (Å²) in [6.45, 7) is 0. The van der Waals surface area contributed by atoms with Gasteiger partial charge >= 0.3 is 0 Å². The molecule has 0 saturated heterocycles. The molecule has 0 saturated carbocycles. The normalized spacial score (nSPS) is 11.6. The third kappa shape index (κ3) is 4.46. The van der Waals surface area contributed by atoms with E-state index in [-0.39, 0.29) is 0 Å². The van der Waals surface area contributed by atoms with E-state index in [1.807, 2.05) is 11.3 Å². The third-order valence-corrected chi connectivity index (χ3v) is 11.3. The largest absolute Gasteiger partial charge is 0.310 e. The summed E-state index contributed by atoms with van der Waals surface area (Å²) in [6.07, 6.45) is 0. The van der Waals surface area contributed by atoms with E-state index in [2.05, 4.69) is 193 Å². The second kappa shape index (κ2) is 11.7. The lowest BCUT2D eigenvalue weighted by Gasteiger charge is -2.27. The first-order valence-corrected chi connectivity index (χ1v) is 17.9. The maximum absolute atomic E-state index is 2.37. The van der Waals surface area contributed by atoms with Crippen molar-refractivity contribution in [3.63, 3.8) is 0 Å². The van der Waals surface area contributed by atoms with E-state index in [9.17, 15) is 0 Å². The number of hydrogen-bond acceptors (Lipinski definition) is 2. The molecule has 1 nitrogen and oxygen atoms in total. The molecule has 0 fully saturated rings. The second-order valence-electron chi connectivity index (χ2n) is 12.8. The van der Waals surface area contributed by atoms with Gasteiger partial charge < -0.3 is 4.90 Å². The molecule has 0 radical (unpaired) electrons. The minimum atomic E-state index is 1.13. The zero-order valence-electron chi connectivity index (χ0n) is 27.3. The Hall–Kier alpha value is -6.22. The lowest BCUT2D eigenvalue weighted by molar-refractivity contribution is 1.30. The van der Waals surface area contributed by atoms with Crippen LogP contribution in [0.25, 0.3) is 74.7 Å². The minimum Gasteiger partial charge on any atom is -0.310 e. The van der Waals surface area contributed by atoms with E-state index in [4.69, 9.17) is 0 Å². The predicted octanol–water partition coefficient (Wildman–Crippen LogP) is 14.3. The molecule has 0 aliphatic rings. The van der Waals surface area contributed by atoms with Crippen molar-refractivity contribution in [1.82, 2.24) is 0 Å². The van der Waals surface area contributed by atoms with Gasteiger partial charge in [-0.2, -0.15) is 0 Å². The number of thiophene rings is 1.